The Morgan fingerprint density at radius 3 is 1.10 bits per heavy atom. The van der Waals surface area contributed by atoms with Crippen LogP contribution in [0.1, 0.15) is 11.1 Å². The third kappa shape index (κ3) is 4.49. The molecule has 5 aromatic carbocycles. The molecule has 31 heavy (non-hydrogen) atoms. The topological polar surface area (TPSA) is 0 Å². The van der Waals surface area contributed by atoms with Gasteiger partial charge in [-0.25, -0.2) is 0 Å². The molecule has 0 unspecified atom stereocenters. The van der Waals surface area contributed by atoms with Gasteiger partial charge in [0.2, 0.25) is 0 Å². The van der Waals surface area contributed by atoms with Gasteiger partial charge in [0.25, 0.3) is 0 Å². The maximum absolute atomic E-state index is 2.30. The van der Waals surface area contributed by atoms with E-state index in [-0.39, 0.29) is 0 Å². The lowest BCUT2D eigenvalue weighted by Crippen LogP contribution is -1.89. The first-order valence-corrected chi connectivity index (χ1v) is 10.7. The monoisotopic (exact) mass is 396 g/mol. The van der Waals surface area contributed by atoms with Crippen molar-refractivity contribution >= 4 is 0 Å². The van der Waals surface area contributed by atoms with Crippen molar-refractivity contribution in [2.24, 2.45) is 0 Å². The molecule has 0 heteroatoms. The van der Waals surface area contributed by atoms with Crippen molar-refractivity contribution in [1.82, 2.24) is 0 Å². The predicted molar refractivity (Wildman–Crippen MR) is 132 cm³/mol. The summed E-state index contributed by atoms with van der Waals surface area (Å²) in [5.74, 6) is 0. The highest BCUT2D eigenvalue weighted by molar-refractivity contribution is 5.81. The standard InChI is InChI=1S/C31H24/c1-4-10-24(11-5-1)20-25-16-18-28(19-17-25)31-22-29(26-12-6-2-7-13-26)21-30(23-31)27-14-8-3-9-15-27/h1-19,21-23H,20H2. The second-order valence-electron chi connectivity index (χ2n) is 7.89. The maximum atomic E-state index is 2.30. The van der Waals surface area contributed by atoms with Crippen LogP contribution in [0, 0.1) is 0 Å². The molecule has 0 saturated heterocycles. The summed E-state index contributed by atoms with van der Waals surface area (Å²) in [5.41, 5.74) is 10.1. The lowest BCUT2D eigenvalue weighted by atomic mass is 9.93. The van der Waals surface area contributed by atoms with Crippen LogP contribution in [0.15, 0.2) is 133 Å². The number of benzene rings is 5. The Morgan fingerprint density at radius 1 is 0.290 bits per heavy atom. The summed E-state index contributed by atoms with van der Waals surface area (Å²) >= 11 is 0. The largest absolute Gasteiger partial charge is 0.0622 e. The van der Waals surface area contributed by atoms with Crippen LogP contribution >= 0.6 is 0 Å². The van der Waals surface area contributed by atoms with Crippen molar-refractivity contribution in [2.45, 2.75) is 6.42 Å². The van der Waals surface area contributed by atoms with E-state index < -0.39 is 0 Å². The fourth-order valence-electron chi connectivity index (χ4n) is 4.04. The Balaban J connectivity index is 1.53. The Labute approximate surface area is 184 Å². The number of rotatable bonds is 5. The normalized spacial score (nSPS) is 10.7. The molecule has 0 aliphatic heterocycles. The Hall–Kier alpha value is -3.90. The van der Waals surface area contributed by atoms with Crippen LogP contribution in [0.3, 0.4) is 0 Å². The third-order valence-electron chi connectivity index (χ3n) is 5.69. The van der Waals surface area contributed by atoms with E-state index >= 15 is 0 Å². The molecule has 5 rings (SSSR count). The second-order valence-corrected chi connectivity index (χ2v) is 7.89. The Bertz CT molecular complexity index is 1190. The van der Waals surface area contributed by atoms with Crippen molar-refractivity contribution < 1.29 is 0 Å². The van der Waals surface area contributed by atoms with Gasteiger partial charge in [-0.3, -0.25) is 0 Å². The van der Waals surface area contributed by atoms with Crippen molar-refractivity contribution in [3.8, 4) is 33.4 Å². The summed E-state index contributed by atoms with van der Waals surface area (Å²) in [6.45, 7) is 0. The first kappa shape index (κ1) is 19.1. The van der Waals surface area contributed by atoms with E-state index in [1.165, 1.54) is 44.5 Å². The fraction of sp³-hybridized carbons (Fsp3) is 0.0323. The molecule has 0 heterocycles. The smallest absolute Gasteiger partial charge is 0.00258 e. The zero-order valence-electron chi connectivity index (χ0n) is 17.4. The van der Waals surface area contributed by atoms with Gasteiger partial charge >= 0.3 is 0 Å². The fourth-order valence-corrected chi connectivity index (χ4v) is 4.04. The SMILES string of the molecule is c1ccc(Cc2ccc(-c3cc(-c4ccccc4)cc(-c4ccccc4)c3)cc2)cc1. The highest BCUT2D eigenvalue weighted by Crippen LogP contribution is 2.33. The first-order chi connectivity index (χ1) is 15.3. The zero-order valence-corrected chi connectivity index (χ0v) is 17.4. The van der Waals surface area contributed by atoms with Crippen molar-refractivity contribution in [3.63, 3.8) is 0 Å². The zero-order chi connectivity index (χ0) is 20.9. The molecular formula is C31H24. The van der Waals surface area contributed by atoms with Gasteiger partial charge in [-0.05, 0) is 69.1 Å². The second kappa shape index (κ2) is 8.85. The molecule has 0 nitrogen and oxygen atoms in total. The molecule has 0 bridgehead atoms. The highest BCUT2D eigenvalue weighted by atomic mass is 14.1. The van der Waals surface area contributed by atoms with Crippen LogP contribution in [0.25, 0.3) is 33.4 Å². The van der Waals surface area contributed by atoms with Gasteiger partial charge in [0.05, 0.1) is 0 Å². The molecule has 0 saturated carbocycles. The van der Waals surface area contributed by atoms with Gasteiger partial charge in [0, 0.05) is 0 Å². The lowest BCUT2D eigenvalue weighted by Gasteiger charge is -2.12. The van der Waals surface area contributed by atoms with E-state index in [2.05, 4.69) is 133 Å². The molecule has 0 aromatic heterocycles. The van der Waals surface area contributed by atoms with Gasteiger partial charge < -0.3 is 0 Å². The van der Waals surface area contributed by atoms with Crippen LogP contribution < -0.4 is 0 Å². The summed E-state index contributed by atoms with van der Waals surface area (Å²) in [5, 5.41) is 0. The summed E-state index contributed by atoms with van der Waals surface area (Å²) in [4.78, 5) is 0. The quantitative estimate of drug-likeness (QED) is 0.280. The molecule has 0 amide bonds. The predicted octanol–water partition coefficient (Wildman–Crippen LogP) is 8.28. The molecular weight excluding hydrogens is 372 g/mol. The summed E-state index contributed by atoms with van der Waals surface area (Å²) in [6.07, 6.45) is 0.959. The van der Waals surface area contributed by atoms with Crippen LogP contribution in [0.5, 0.6) is 0 Å². The van der Waals surface area contributed by atoms with E-state index in [1.54, 1.807) is 0 Å². The van der Waals surface area contributed by atoms with Crippen molar-refractivity contribution in [3.05, 3.63) is 145 Å². The van der Waals surface area contributed by atoms with Crippen LogP contribution in [-0.4, -0.2) is 0 Å². The van der Waals surface area contributed by atoms with Crippen LogP contribution in [0.4, 0.5) is 0 Å². The minimum absolute atomic E-state index is 0.959. The first-order valence-electron chi connectivity index (χ1n) is 10.7. The maximum Gasteiger partial charge on any atom is -0.00258 e. The number of hydrogen-bond donors (Lipinski definition) is 0. The van der Waals surface area contributed by atoms with E-state index in [0.717, 1.165) is 6.42 Å². The van der Waals surface area contributed by atoms with E-state index in [9.17, 15) is 0 Å². The van der Waals surface area contributed by atoms with Crippen LogP contribution in [-0.2, 0) is 6.42 Å². The molecule has 148 valence electrons. The molecule has 0 atom stereocenters. The van der Waals surface area contributed by atoms with Gasteiger partial charge in [0.15, 0.2) is 0 Å². The van der Waals surface area contributed by atoms with Gasteiger partial charge in [0.1, 0.15) is 0 Å². The van der Waals surface area contributed by atoms with Gasteiger partial charge in [-0.2, -0.15) is 0 Å². The highest BCUT2D eigenvalue weighted by Gasteiger charge is 2.07. The third-order valence-corrected chi connectivity index (χ3v) is 5.69. The Kier molecular flexibility index (Phi) is 5.45. The summed E-state index contributed by atoms with van der Waals surface area (Å²) < 4.78 is 0. The molecule has 0 spiro atoms. The molecule has 0 aliphatic carbocycles. The van der Waals surface area contributed by atoms with E-state index in [0.29, 0.717) is 0 Å². The van der Waals surface area contributed by atoms with Crippen molar-refractivity contribution in [1.29, 1.82) is 0 Å². The van der Waals surface area contributed by atoms with Crippen LogP contribution in [0.2, 0.25) is 0 Å². The molecule has 5 aromatic rings. The summed E-state index contributed by atoms with van der Waals surface area (Å²) in [6, 6.07) is 47.8. The van der Waals surface area contributed by atoms with Crippen molar-refractivity contribution in [2.75, 3.05) is 0 Å². The van der Waals surface area contributed by atoms with E-state index in [1.807, 2.05) is 0 Å². The lowest BCUT2D eigenvalue weighted by molar-refractivity contribution is 1.19. The average Bonchev–Trinajstić information content (AvgIpc) is 2.86. The van der Waals surface area contributed by atoms with Gasteiger partial charge in [-0.1, -0.05) is 115 Å². The molecule has 0 N–H and O–H groups in total. The average molecular weight is 397 g/mol. The minimum Gasteiger partial charge on any atom is -0.0622 e. The number of hydrogen-bond acceptors (Lipinski definition) is 0. The molecule has 0 fully saturated rings. The molecule has 0 aliphatic rings. The minimum atomic E-state index is 0.959. The van der Waals surface area contributed by atoms with E-state index in [4.69, 9.17) is 0 Å². The molecule has 0 radical (unpaired) electrons. The summed E-state index contributed by atoms with van der Waals surface area (Å²) in [7, 11) is 0. The van der Waals surface area contributed by atoms with Gasteiger partial charge in [-0.15, -0.1) is 0 Å². The Morgan fingerprint density at radius 2 is 0.645 bits per heavy atom.